The van der Waals surface area contributed by atoms with Crippen LogP contribution in [0.15, 0.2) is 33.8 Å². The van der Waals surface area contributed by atoms with E-state index in [9.17, 15) is 8.42 Å². The van der Waals surface area contributed by atoms with Crippen LogP contribution in [0.1, 0.15) is 0 Å². The first-order chi connectivity index (χ1) is 7.27. The summed E-state index contributed by atoms with van der Waals surface area (Å²) in [6.45, 7) is 0. The lowest BCUT2D eigenvalue weighted by Crippen LogP contribution is -1.93. The Morgan fingerprint density at radius 2 is 2.07 bits per heavy atom. The van der Waals surface area contributed by atoms with E-state index in [0.29, 0.717) is 5.16 Å². The van der Waals surface area contributed by atoms with Crippen molar-refractivity contribution in [2.24, 2.45) is 4.40 Å². The molecule has 0 spiro atoms. The maximum Gasteiger partial charge on any atom is 0.269 e. The molecule has 0 saturated heterocycles. The molecule has 7 heteroatoms. The molecular weight excluding hydrogens is 234 g/mol. The Balaban J connectivity index is 2.51. The number of aromatic nitrogens is 2. The SMILES string of the molecule is O=S(=O)=S1N=Cn2c1nc1ccccc12. The molecule has 0 radical (unpaired) electrons. The Labute approximate surface area is 88.3 Å². The van der Waals surface area contributed by atoms with Crippen LogP contribution in [-0.2, 0) is 18.9 Å². The highest BCUT2D eigenvalue weighted by Crippen LogP contribution is 2.21. The quantitative estimate of drug-likeness (QED) is 0.676. The third-order valence-electron chi connectivity index (χ3n) is 2.11. The largest absolute Gasteiger partial charge is 0.275 e. The summed E-state index contributed by atoms with van der Waals surface area (Å²) in [7, 11) is -3.38. The van der Waals surface area contributed by atoms with Crippen LogP contribution < -0.4 is 0 Å². The van der Waals surface area contributed by atoms with Gasteiger partial charge in [-0.15, -0.1) is 0 Å². The van der Waals surface area contributed by atoms with Crippen LogP contribution in [0.25, 0.3) is 11.0 Å². The third-order valence-corrected chi connectivity index (χ3v) is 4.73. The number of para-hydroxylation sites is 2. The van der Waals surface area contributed by atoms with Gasteiger partial charge in [0.15, 0.2) is 0 Å². The summed E-state index contributed by atoms with van der Waals surface area (Å²) in [5.41, 5.74) is 1.68. The van der Waals surface area contributed by atoms with Gasteiger partial charge in [-0.05, 0) is 12.1 Å². The van der Waals surface area contributed by atoms with Crippen molar-refractivity contribution in [3.63, 3.8) is 0 Å². The minimum atomic E-state index is -2.23. The van der Waals surface area contributed by atoms with Gasteiger partial charge in [-0.25, -0.2) is 4.98 Å². The van der Waals surface area contributed by atoms with Crippen LogP contribution in [0.2, 0.25) is 0 Å². The number of imidazole rings is 1. The maximum atomic E-state index is 10.9. The summed E-state index contributed by atoms with van der Waals surface area (Å²) in [4.78, 5) is 4.25. The second-order valence-corrected chi connectivity index (χ2v) is 6.17. The topological polar surface area (TPSA) is 64.3 Å². The summed E-state index contributed by atoms with van der Waals surface area (Å²) < 4.78 is 27.4. The van der Waals surface area contributed by atoms with Gasteiger partial charge in [-0.3, -0.25) is 4.57 Å². The van der Waals surface area contributed by atoms with Crippen molar-refractivity contribution in [2.75, 3.05) is 0 Å². The first-order valence-electron chi connectivity index (χ1n) is 4.12. The lowest BCUT2D eigenvalue weighted by molar-refractivity contribution is 0.628. The fourth-order valence-corrected chi connectivity index (χ4v) is 3.49. The van der Waals surface area contributed by atoms with Crippen LogP contribution in [-0.4, -0.2) is 24.3 Å². The van der Waals surface area contributed by atoms with Crippen LogP contribution in [0.4, 0.5) is 0 Å². The Kier molecular flexibility index (Phi) is 1.77. The van der Waals surface area contributed by atoms with E-state index in [4.69, 9.17) is 0 Å². The number of benzene rings is 1. The summed E-state index contributed by atoms with van der Waals surface area (Å²) in [6, 6.07) is 7.49. The van der Waals surface area contributed by atoms with Gasteiger partial charge < -0.3 is 0 Å². The molecule has 0 N–H and O–H groups in total. The van der Waals surface area contributed by atoms with Crippen molar-refractivity contribution in [3.05, 3.63) is 24.3 Å². The van der Waals surface area contributed by atoms with Crippen molar-refractivity contribution >= 4 is 36.3 Å². The molecule has 15 heavy (non-hydrogen) atoms. The molecule has 1 aliphatic heterocycles. The first kappa shape index (κ1) is 8.81. The standard InChI is InChI=1S/C8H5N3O2S2/c12-15(13)14-8-10-6-3-1-2-4-7(6)11(8)5-9-14/h1-5H. The van der Waals surface area contributed by atoms with Crippen molar-refractivity contribution in [1.29, 1.82) is 0 Å². The fourth-order valence-electron chi connectivity index (χ4n) is 1.49. The van der Waals surface area contributed by atoms with E-state index in [0.717, 1.165) is 11.0 Å². The van der Waals surface area contributed by atoms with E-state index in [-0.39, 0.29) is 0 Å². The third kappa shape index (κ3) is 1.17. The summed E-state index contributed by atoms with van der Waals surface area (Å²) in [5.74, 6) is 0. The molecule has 1 unspecified atom stereocenters. The van der Waals surface area contributed by atoms with Crippen LogP contribution in [0, 0.1) is 0 Å². The van der Waals surface area contributed by atoms with E-state index < -0.39 is 18.9 Å². The summed E-state index contributed by atoms with van der Waals surface area (Å²) in [5, 5.41) is 0.490. The lowest BCUT2D eigenvalue weighted by atomic mass is 10.3. The molecule has 0 amide bonds. The zero-order valence-corrected chi connectivity index (χ0v) is 8.99. The van der Waals surface area contributed by atoms with Crippen molar-refractivity contribution in [3.8, 4) is 0 Å². The minimum absolute atomic E-state index is 0.490. The average Bonchev–Trinajstić information content (AvgIpc) is 2.74. The Bertz CT molecular complexity index is 719. The molecule has 1 aromatic carbocycles. The highest BCUT2D eigenvalue weighted by molar-refractivity contribution is 8.33. The van der Waals surface area contributed by atoms with Gasteiger partial charge in [0.25, 0.3) is 9.26 Å². The number of hydrogen-bond donors (Lipinski definition) is 0. The van der Waals surface area contributed by atoms with Crippen LogP contribution in [0.5, 0.6) is 0 Å². The molecule has 1 aromatic heterocycles. The van der Waals surface area contributed by atoms with E-state index in [2.05, 4.69) is 9.38 Å². The summed E-state index contributed by atoms with van der Waals surface area (Å²) in [6.07, 6.45) is 1.52. The van der Waals surface area contributed by atoms with E-state index in [1.807, 2.05) is 24.3 Å². The van der Waals surface area contributed by atoms with Crippen LogP contribution in [0.3, 0.4) is 0 Å². The van der Waals surface area contributed by atoms with Crippen molar-refractivity contribution in [1.82, 2.24) is 9.55 Å². The van der Waals surface area contributed by atoms with E-state index in [1.165, 1.54) is 6.34 Å². The normalized spacial score (nSPS) is 18.3. The first-order valence-corrected chi connectivity index (χ1v) is 6.90. The molecule has 5 nitrogen and oxygen atoms in total. The van der Waals surface area contributed by atoms with E-state index >= 15 is 0 Å². The maximum absolute atomic E-state index is 10.9. The summed E-state index contributed by atoms with van der Waals surface area (Å²) >= 11 is 0. The number of rotatable bonds is 0. The fraction of sp³-hybridized carbons (Fsp3) is 0. The molecule has 1 atom stereocenters. The molecule has 3 rings (SSSR count). The molecule has 0 bridgehead atoms. The molecule has 0 aliphatic carbocycles. The zero-order valence-electron chi connectivity index (χ0n) is 7.36. The molecule has 2 heterocycles. The molecule has 76 valence electrons. The predicted octanol–water partition coefficient (Wildman–Crippen LogP) is 0.613. The second-order valence-electron chi connectivity index (χ2n) is 2.93. The van der Waals surface area contributed by atoms with Gasteiger partial charge >= 0.3 is 0 Å². The molecule has 0 fully saturated rings. The Morgan fingerprint density at radius 1 is 1.27 bits per heavy atom. The molecule has 0 saturated carbocycles. The minimum Gasteiger partial charge on any atom is -0.275 e. The molecule has 2 aromatic rings. The second kappa shape index (κ2) is 3.01. The van der Waals surface area contributed by atoms with Gasteiger partial charge in [0.05, 0.1) is 11.0 Å². The smallest absolute Gasteiger partial charge is 0.269 e. The number of fused-ring (bicyclic) bond motifs is 3. The van der Waals surface area contributed by atoms with Gasteiger partial charge in [0.1, 0.15) is 16.0 Å². The Morgan fingerprint density at radius 3 is 2.87 bits per heavy atom. The highest BCUT2D eigenvalue weighted by atomic mass is 32.9. The van der Waals surface area contributed by atoms with Crippen LogP contribution >= 0.6 is 0 Å². The monoisotopic (exact) mass is 239 g/mol. The molecular formula is C8H5N3O2S2. The lowest BCUT2D eigenvalue weighted by Gasteiger charge is -1.90. The predicted molar refractivity (Wildman–Crippen MR) is 58.2 cm³/mol. The van der Waals surface area contributed by atoms with Crippen molar-refractivity contribution in [2.45, 2.75) is 5.16 Å². The van der Waals surface area contributed by atoms with Gasteiger partial charge in [0.2, 0.25) is 5.16 Å². The van der Waals surface area contributed by atoms with Crippen molar-refractivity contribution < 1.29 is 8.42 Å². The van der Waals surface area contributed by atoms with Gasteiger partial charge in [-0.2, -0.15) is 12.8 Å². The van der Waals surface area contributed by atoms with Gasteiger partial charge in [0, 0.05) is 0 Å². The van der Waals surface area contributed by atoms with Gasteiger partial charge in [-0.1, -0.05) is 12.1 Å². The van der Waals surface area contributed by atoms with E-state index in [1.54, 1.807) is 4.57 Å². The zero-order chi connectivity index (χ0) is 10.4. The highest BCUT2D eigenvalue weighted by Gasteiger charge is 2.18. The number of hydrogen-bond acceptors (Lipinski definition) is 3. The average molecular weight is 239 g/mol. The molecule has 1 aliphatic rings. The number of nitrogens with zero attached hydrogens (tertiary/aromatic N) is 3. The Hall–Kier alpha value is -1.47.